The molecular weight excluding hydrogens is 427 g/mol. The van der Waals surface area contributed by atoms with Crippen molar-refractivity contribution in [3.05, 3.63) is 89.2 Å². The molecule has 3 rings (SSSR count). The van der Waals surface area contributed by atoms with Gasteiger partial charge in [-0.25, -0.2) is 9.18 Å². The summed E-state index contributed by atoms with van der Waals surface area (Å²) in [6.45, 7) is 2.95. The van der Waals surface area contributed by atoms with Crippen LogP contribution in [0.5, 0.6) is 5.75 Å². The van der Waals surface area contributed by atoms with E-state index in [9.17, 15) is 18.8 Å². The van der Waals surface area contributed by atoms with Gasteiger partial charge < -0.3 is 20.1 Å². The quantitative estimate of drug-likeness (QED) is 0.501. The minimum atomic E-state index is -0.782. The number of anilines is 2. The van der Waals surface area contributed by atoms with Crippen molar-refractivity contribution in [2.75, 3.05) is 23.8 Å². The highest BCUT2D eigenvalue weighted by Crippen LogP contribution is 2.20. The number of aryl methyl sites for hydroxylation is 2. The van der Waals surface area contributed by atoms with Crippen LogP contribution < -0.4 is 15.4 Å². The summed E-state index contributed by atoms with van der Waals surface area (Å²) in [7, 11) is 0. The molecule has 0 aromatic heterocycles. The molecular formula is C25H23FN2O5. The molecule has 8 heteroatoms. The van der Waals surface area contributed by atoms with Gasteiger partial charge in [0.05, 0.1) is 5.69 Å². The van der Waals surface area contributed by atoms with Crippen LogP contribution >= 0.6 is 0 Å². The number of ether oxygens (including phenoxy) is 2. The first-order valence-electron chi connectivity index (χ1n) is 10.1. The summed E-state index contributed by atoms with van der Waals surface area (Å²) in [6, 6.07) is 17.3. The minimum absolute atomic E-state index is 0.0218. The van der Waals surface area contributed by atoms with Crippen molar-refractivity contribution < 1.29 is 28.2 Å². The van der Waals surface area contributed by atoms with Gasteiger partial charge in [0, 0.05) is 5.69 Å². The molecule has 0 unspecified atom stereocenters. The summed E-state index contributed by atoms with van der Waals surface area (Å²) in [4.78, 5) is 36.7. The molecule has 0 spiro atoms. The number of halogens is 1. The lowest BCUT2D eigenvalue weighted by Crippen LogP contribution is -2.23. The van der Waals surface area contributed by atoms with Crippen molar-refractivity contribution in [1.29, 1.82) is 0 Å². The van der Waals surface area contributed by atoms with Crippen LogP contribution in [0.15, 0.2) is 66.7 Å². The minimum Gasteiger partial charge on any atom is -0.483 e. The standard InChI is InChI=1S/C25H23FN2O5/c1-16-11-12-18(13-17(16)2)27-23(29)15-33-25(31)19-7-3-6-10-22(19)32-14-24(30)28-21-9-5-4-8-20(21)26/h3-13H,14-15H2,1-2H3,(H,27,29)(H,28,30). The van der Waals surface area contributed by atoms with Gasteiger partial charge in [-0.2, -0.15) is 0 Å². The average molecular weight is 450 g/mol. The van der Waals surface area contributed by atoms with Crippen LogP contribution in [0, 0.1) is 19.7 Å². The maximum atomic E-state index is 13.7. The van der Waals surface area contributed by atoms with Crippen LogP contribution in [0.25, 0.3) is 0 Å². The highest BCUT2D eigenvalue weighted by molar-refractivity contribution is 5.97. The number of esters is 1. The van der Waals surface area contributed by atoms with E-state index in [2.05, 4.69) is 10.6 Å². The van der Waals surface area contributed by atoms with E-state index >= 15 is 0 Å². The Kier molecular flexibility index (Phi) is 7.75. The van der Waals surface area contributed by atoms with Crippen LogP contribution in [0.3, 0.4) is 0 Å². The predicted molar refractivity (Wildman–Crippen MR) is 122 cm³/mol. The molecule has 0 atom stereocenters. The van der Waals surface area contributed by atoms with E-state index in [0.29, 0.717) is 5.69 Å². The maximum Gasteiger partial charge on any atom is 0.342 e. The second-order valence-electron chi connectivity index (χ2n) is 7.24. The van der Waals surface area contributed by atoms with E-state index in [1.54, 1.807) is 24.3 Å². The van der Waals surface area contributed by atoms with Crippen molar-refractivity contribution in [3.63, 3.8) is 0 Å². The Labute approximate surface area is 190 Å². The number of para-hydroxylation sites is 2. The third-order valence-corrected chi connectivity index (χ3v) is 4.74. The Morgan fingerprint density at radius 2 is 1.52 bits per heavy atom. The molecule has 170 valence electrons. The molecule has 0 bridgehead atoms. The molecule has 0 aliphatic carbocycles. The fraction of sp³-hybridized carbons (Fsp3) is 0.160. The zero-order chi connectivity index (χ0) is 23.8. The first-order chi connectivity index (χ1) is 15.8. The van der Waals surface area contributed by atoms with Crippen LogP contribution in [-0.2, 0) is 14.3 Å². The summed E-state index contributed by atoms with van der Waals surface area (Å²) < 4.78 is 24.2. The Morgan fingerprint density at radius 1 is 0.818 bits per heavy atom. The van der Waals surface area contributed by atoms with Gasteiger partial charge in [-0.1, -0.05) is 30.3 Å². The number of nitrogens with one attached hydrogen (secondary N) is 2. The van der Waals surface area contributed by atoms with Gasteiger partial charge in [0.1, 0.15) is 17.1 Å². The van der Waals surface area contributed by atoms with Gasteiger partial charge in [-0.15, -0.1) is 0 Å². The first-order valence-corrected chi connectivity index (χ1v) is 10.1. The normalized spacial score (nSPS) is 10.3. The summed E-state index contributed by atoms with van der Waals surface area (Å²) in [6.07, 6.45) is 0. The monoisotopic (exact) mass is 450 g/mol. The Bertz CT molecular complexity index is 1180. The molecule has 0 saturated heterocycles. The van der Waals surface area contributed by atoms with Gasteiger partial charge in [0.25, 0.3) is 11.8 Å². The van der Waals surface area contributed by atoms with E-state index in [1.807, 2.05) is 26.0 Å². The third-order valence-electron chi connectivity index (χ3n) is 4.74. The number of carbonyl (C=O) groups is 3. The second kappa shape index (κ2) is 10.9. The fourth-order valence-electron chi connectivity index (χ4n) is 2.88. The highest BCUT2D eigenvalue weighted by atomic mass is 19.1. The third kappa shape index (κ3) is 6.64. The van der Waals surface area contributed by atoms with Crippen molar-refractivity contribution in [3.8, 4) is 5.75 Å². The van der Waals surface area contributed by atoms with Gasteiger partial charge in [-0.3, -0.25) is 9.59 Å². The van der Waals surface area contributed by atoms with Gasteiger partial charge in [-0.05, 0) is 61.4 Å². The SMILES string of the molecule is Cc1ccc(NC(=O)COC(=O)c2ccccc2OCC(=O)Nc2ccccc2F)cc1C. The van der Waals surface area contributed by atoms with Crippen LogP contribution in [-0.4, -0.2) is 31.0 Å². The number of hydrogen-bond acceptors (Lipinski definition) is 5. The van der Waals surface area contributed by atoms with Crippen molar-refractivity contribution >= 4 is 29.2 Å². The topological polar surface area (TPSA) is 93.7 Å². The lowest BCUT2D eigenvalue weighted by Gasteiger charge is -2.12. The summed E-state index contributed by atoms with van der Waals surface area (Å²) in [5, 5.41) is 5.06. The zero-order valence-electron chi connectivity index (χ0n) is 18.2. The summed E-state index contributed by atoms with van der Waals surface area (Å²) in [5.74, 6) is -2.35. The summed E-state index contributed by atoms with van der Waals surface area (Å²) in [5.41, 5.74) is 2.79. The van der Waals surface area contributed by atoms with Crippen LogP contribution in [0.4, 0.5) is 15.8 Å². The van der Waals surface area contributed by atoms with Crippen LogP contribution in [0.1, 0.15) is 21.5 Å². The van der Waals surface area contributed by atoms with E-state index in [4.69, 9.17) is 9.47 Å². The molecule has 2 amide bonds. The van der Waals surface area contributed by atoms with Gasteiger partial charge >= 0.3 is 5.97 Å². The zero-order valence-corrected chi connectivity index (χ0v) is 18.2. The molecule has 0 aliphatic rings. The Hall–Kier alpha value is -4.20. The molecule has 3 aromatic rings. The molecule has 7 nitrogen and oxygen atoms in total. The van der Waals surface area contributed by atoms with Crippen molar-refractivity contribution in [2.24, 2.45) is 0 Å². The largest absolute Gasteiger partial charge is 0.483 e. The fourth-order valence-corrected chi connectivity index (χ4v) is 2.88. The molecule has 0 aliphatic heterocycles. The summed E-state index contributed by atoms with van der Waals surface area (Å²) >= 11 is 0. The smallest absolute Gasteiger partial charge is 0.342 e. The van der Waals surface area contributed by atoms with Gasteiger partial charge in [0.2, 0.25) is 0 Å². The highest BCUT2D eigenvalue weighted by Gasteiger charge is 2.17. The van der Waals surface area contributed by atoms with E-state index in [1.165, 1.54) is 30.3 Å². The number of carbonyl (C=O) groups excluding carboxylic acids is 3. The number of benzene rings is 3. The van der Waals surface area contributed by atoms with Crippen molar-refractivity contribution in [1.82, 2.24) is 0 Å². The predicted octanol–water partition coefficient (Wildman–Crippen LogP) is 4.26. The average Bonchev–Trinajstić information content (AvgIpc) is 2.80. The molecule has 0 radical (unpaired) electrons. The maximum absolute atomic E-state index is 13.7. The van der Waals surface area contributed by atoms with E-state index < -0.39 is 36.8 Å². The van der Waals surface area contributed by atoms with E-state index in [-0.39, 0.29) is 17.0 Å². The molecule has 2 N–H and O–H groups in total. The lowest BCUT2D eigenvalue weighted by atomic mass is 10.1. The Balaban J connectivity index is 1.54. The number of amides is 2. The molecule has 3 aromatic carbocycles. The number of hydrogen-bond donors (Lipinski definition) is 2. The second-order valence-corrected chi connectivity index (χ2v) is 7.24. The van der Waals surface area contributed by atoms with Crippen LogP contribution in [0.2, 0.25) is 0 Å². The first kappa shape index (κ1) is 23.5. The van der Waals surface area contributed by atoms with E-state index in [0.717, 1.165) is 11.1 Å². The van der Waals surface area contributed by atoms with Gasteiger partial charge in [0.15, 0.2) is 13.2 Å². The molecule has 33 heavy (non-hydrogen) atoms. The molecule has 0 fully saturated rings. The lowest BCUT2D eigenvalue weighted by molar-refractivity contribution is -0.119. The van der Waals surface area contributed by atoms with Crippen molar-refractivity contribution in [2.45, 2.75) is 13.8 Å². The molecule has 0 heterocycles. The molecule has 0 saturated carbocycles. The Morgan fingerprint density at radius 3 is 2.27 bits per heavy atom. The number of rotatable bonds is 8.